The summed E-state index contributed by atoms with van der Waals surface area (Å²) >= 11 is 6.06. The molecule has 1 aromatic heterocycles. The van der Waals surface area contributed by atoms with Crippen LogP contribution in [0.2, 0.25) is 5.02 Å². The fourth-order valence-electron chi connectivity index (χ4n) is 3.33. The SMILES string of the molecule is COc1ccccc1-c1nc(CC(=O)Nc2ccccc2[NH3+])cn1-c1ccc(Cl)cc1. The van der Waals surface area contributed by atoms with E-state index in [0.717, 1.165) is 16.9 Å². The van der Waals surface area contributed by atoms with Gasteiger partial charge in [0.05, 0.1) is 24.8 Å². The largest absolute Gasteiger partial charge is 0.496 e. The number of nitrogens with one attached hydrogen (secondary N) is 1. The molecule has 31 heavy (non-hydrogen) atoms. The predicted molar refractivity (Wildman–Crippen MR) is 122 cm³/mol. The van der Waals surface area contributed by atoms with Crippen molar-refractivity contribution in [1.82, 2.24) is 9.55 Å². The number of ether oxygens (including phenoxy) is 1. The summed E-state index contributed by atoms with van der Waals surface area (Å²) in [6.07, 6.45) is 1.98. The summed E-state index contributed by atoms with van der Waals surface area (Å²) < 4.78 is 7.47. The van der Waals surface area contributed by atoms with Gasteiger partial charge in [0.25, 0.3) is 0 Å². The number of aromatic nitrogens is 2. The maximum absolute atomic E-state index is 12.7. The monoisotopic (exact) mass is 433 g/mol. The Hall–Kier alpha value is -3.61. The van der Waals surface area contributed by atoms with Crippen molar-refractivity contribution in [3.05, 3.63) is 89.7 Å². The van der Waals surface area contributed by atoms with Crippen molar-refractivity contribution in [2.45, 2.75) is 6.42 Å². The van der Waals surface area contributed by atoms with Crippen LogP contribution in [-0.4, -0.2) is 22.6 Å². The van der Waals surface area contributed by atoms with Gasteiger partial charge in [0.2, 0.25) is 5.91 Å². The number of quaternary nitrogens is 1. The molecule has 0 bridgehead atoms. The van der Waals surface area contributed by atoms with Gasteiger partial charge in [-0.25, -0.2) is 4.98 Å². The average Bonchev–Trinajstić information content (AvgIpc) is 3.19. The minimum Gasteiger partial charge on any atom is -0.496 e. The van der Waals surface area contributed by atoms with E-state index in [1.807, 2.05) is 83.6 Å². The van der Waals surface area contributed by atoms with E-state index in [0.29, 0.717) is 28.0 Å². The molecule has 1 amide bonds. The zero-order valence-electron chi connectivity index (χ0n) is 17.0. The number of amides is 1. The molecular formula is C24H22ClN4O2+. The summed E-state index contributed by atoms with van der Waals surface area (Å²) in [7, 11) is 1.62. The smallest absolute Gasteiger partial charge is 0.230 e. The molecule has 4 aromatic rings. The van der Waals surface area contributed by atoms with E-state index in [4.69, 9.17) is 21.3 Å². The number of hydrogen-bond acceptors (Lipinski definition) is 3. The molecule has 0 aliphatic rings. The molecular weight excluding hydrogens is 412 g/mol. The highest BCUT2D eigenvalue weighted by molar-refractivity contribution is 6.30. The standard InChI is InChI=1S/C24H21ClN4O2/c1-31-22-9-5-2-6-19(22)24-27-17(15-29(24)18-12-10-16(25)11-13-18)14-23(30)28-21-8-4-3-7-20(21)26/h2-13,15H,14,26H2,1H3,(H,28,30)/p+1. The van der Waals surface area contributed by atoms with Gasteiger partial charge in [0.15, 0.2) is 5.69 Å². The number of methoxy groups -OCH3 is 1. The summed E-state index contributed by atoms with van der Waals surface area (Å²) in [6, 6.07) is 22.5. The van der Waals surface area contributed by atoms with Crippen LogP contribution in [0.1, 0.15) is 5.69 Å². The molecule has 0 spiro atoms. The molecule has 0 atom stereocenters. The maximum atomic E-state index is 12.7. The number of nitrogens with zero attached hydrogens (tertiary/aromatic N) is 2. The Kier molecular flexibility index (Phi) is 6.02. The summed E-state index contributed by atoms with van der Waals surface area (Å²) in [5.41, 5.74) is 7.74. The Morgan fingerprint density at radius 2 is 1.77 bits per heavy atom. The lowest BCUT2D eigenvalue weighted by Gasteiger charge is -2.11. The lowest BCUT2D eigenvalue weighted by molar-refractivity contribution is -0.253. The quantitative estimate of drug-likeness (QED) is 0.476. The van der Waals surface area contributed by atoms with Crippen molar-refractivity contribution >= 4 is 28.9 Å². The number of carbonyl (C=O) groups excluding carboxylic acids is 1. The van der Waals surface area contributed by atoms with Gasteiger partial charge in [-0.05, 0) is 42.5 Å². The van der Waals surface area contributed by atoms with Gasteiger partial charge in [-0.15, -0.1) is 0 Å². The van der Waals surface area contributed by atoms with Crippen LogP contribution in [-0.2, 0) is 11.2 Å². The van der Waals surface area contributed by atoms with Gasteiger partial charge >= 0.3 is 0 Å². The summed E-state index contributed by atoms with van der Waals surface area (Å²) in [6.45, 7) is 0. The molecule has 4 N–H and O–H groups in total. The second-order valence-corrected chi connectivity index (χ2v) is 7.42. The number of anilines is 1. The number of hydrogen-bond donors (Lipinski definition) is 2. The zero-order chi connectivity index (χ0) is 21.8. The second kappa shape index (κ2) is 9.04. The topological polar surface area (TPSA) is 83.8 Å². The van der Waals surface area contributed by atoms with Gasteiger partial charge in [-0.1, -0.05) is 35.9 Å². The van der Waals surface area contributed by atoms with E-state index < -0.39 is 0 Å². The number of rotatable bonds is 6. The Morgan fingerprint density at radius 3 is 2.52 bits per heavy atom. The first-order valence-corrected chi connectivity index (χ1v) is 10.1. The molecule has 0 radical (unpaired) electrons. The highest BCUT2D eigenvalue weighted by Gasteiger charge is 2.17. The fraction of sp³-hybridized carbons (Fsp3) is 0.0833. The third kappa shape index (κ3) is 4.60. The minimum atomic E-state index is -0.163. The van der Waals surface area contributed by atoms with Crippen LogP contribution in [0.5, 0.6) is 5.75 Å². The molecule has 0 aliphatic heterocycles. The van der Waals surface area contributed by atoms with Crippen LogP contribution in [0, 0.1) is 0 Å². The second-order valence-electron chi connectivity index (χ2n) is 6.98. The number of halogens is 1. The first-order valence-electron chi connectivity index (χ1n) is 9.73. The normalized spacial score (nSPS) is 10.7. The maximum Gasteiger partial charge on any atom is 0.230 e. The van der Waals surface area contributed by atoms with Crippen LogP contribution in [0.3, 0.4) is 0 Å². The molecule has 0 aliphatic carbocycles. The van der Waals surface area contributed by atoms with Crippen molar-refractivity contribution in [2.75, 3.05) is 12.4 Å². The van der Waals surface area contributed by atoms with Gasteiger partial charge in [0, 0.05) is 23.0 Å². The van der Waals surface area contributed by atoms with Crippen LogP contribution < -0.4 is 15.8 Å². The molecule has 156 valence electrons. The number of carbonyl (C=O) groups is 1. The predicted octanol–water partition coefficient (Wildman–Crippen LogP) is 4.26. The molecule has 1 heterocycles. The van der Waals surface area contributed by atoms with Crippen molar-refractivity contribution < 1.29 is 15.3 Å². The number of benzene rings is 3. The molecule has 3 aromatic carbocycles. The first kappa shape index (κ1) is 20.7. The van der Waals surface area contributed by atoms with E-state index in [1.54, 1.807) is 7.11 Å². The Bertz CT molecular complexity index is 1220. The third-order valence-electron chi connectivity index (χ3n) is 4.84. The van der Waals surface area contributed by atoms with Gasteiger partial charge in [0.1, 0.15) is 17.3 Å². The lowest BCUT2D eigenvalue weighted by atomic mass is 10.2. The van der Waals surface area contributed by atoms with E-state index in [1.165, 1.54) is 0 Å². The fourth-order valence-corrected chi connectivity index (χ4v) is 3.46. The zero-order valence-corrected chi connectivity index (χ0v) is 17.8. The Balaban J connectivity index is 1.70. The molecule has 6 nitrogen and oxygen atoms in total. The summed E-state index contributed by atoms with van der Waals surface area (Å²) in [4.78, 5) is 17.4. The third-order valence-corrected chi connectivity index (χ3v) is 5.09. The van der Waals surface area contributed by atoms with Crippen LogP contribution in [0.15, 0.2) is 79.0 Å². The highest BCUT2D eigenvalue weighted by atomic mass is 35.5. The van der Waals surface area contributed by atoms with Gasteiger partial charge in [-0.3, -0.25) is 9.36 Å². The average molecular weight is 434 g/mol. The van der Waals surface area contributed by atoms with Crippen molar-refractivity contribution in [2.24, 2.45) is 0 Å². The molecule has 0 saturated carbocycles. The van der Waals surface area contributed by atoms with Crippen molar-refractivity contribution in [3.63, 3.8) is 0 Å². The van der Waals surface area contributed by atoms with Crippen LogP contribution in [0.4, 0.5) is 11.4 Å². The van der Waals surface area contributed by atoms with E-state index >= 15 is 0 Å². The van der Waals surface area contributed by atoms with Crippen molar-refractivity contribution in [1.29, 1.82) is 0 Å². The summed E-state index contributed by atoms with van der Waals surface area (Å²) in [5.74, 6) is 1.22. The molecule has 4 rings (SSSR count). The lowest BCUT2D eigenvalue weighted by Crippen LogP contribution is -2.41. The van der Waals surface area contributed by atoms with E-state index in [9.17, 15) is 4.79 Å². The Morgan fingerprint density at radius 1 is 1.06 bits per heavy atom. The number of para-hydroxylation sites is 2. The van der Waals surface area contributed by atoms with E-state index in [-0.39, 0.29) is 12.3 Å². The number of imidazole rings is 1. The molecule has 0 unspecified atom stereocenters. The highest BCUT2D eigenvalue weighted by Crippen LogP contribution is 2.31. The van der Waals surface area contributed by atoms with Crippen molar-refractivity contribution in [3.8, 4) is 22.8 Å². The molecule has 0 fully saturated rings. The minimum absolute atomic E-state index is 0.122. The Labute approximate surface area is 185 Å². The molecule has 0 saturated heterocycles. The van der Waals surface area contributed by atoms with Gasteiger partial charge in [-0.2, -0.15) is 0 Å². The van der Waals surface area contributed by atoms with E-state index in [2.05, 4.69) is 11.1 Å². The van der Waals surface area contributed by atoms with Gasteiger partial charge < -0.3 is 15.8 Å². The summed E-state index contributed by atoms with van der Waals surface area (Å²) in [5, 5.41) is 3.55. The molecule has 7 heteroatoms. The van der Waals surface area contributed by atoms with Crippen LogP contribution >= 0.6 is 11.6 Å². The first-order chi connectivity index (χ1) is 15.0. The van der Waals surface area contributed by atoms with Crippen LogP contribution in [0.25, 0.3) is 17.1 Å².